The van der Waals surface area contributed by atoms with Crippen molar-refractivity contribution in [3.8, 4) is 11.1 Å². The topological polar surface area (TPSA) is 20.2 Å². The van der Waals surface area contributed by atoms with E-state index in [1.807, 2.05) is 45.9 Å². The Labute approximate surface area is 236 Å². The summed E-state index contributed by atoms with van der Waals surface area (Å²) in [6.45, 7) is 9.79. The molecule has 0 bridgehead atoms. The highest BCUT2D eigenvalue weighted by Crippen LogP contribution is 2.45. The summed E-state index contributed by atoms with van der Waals surface area (Å²) in [5.41, 5.74) is 1.41. The van der Waals surface area contributed by atoms with Gasteiger partial charge in [0.05, 0.1) is 0 Å². The summed E-state index contributed by atoms with van der Waals surface area (Å²) in [4.78, 5) is 0. The molecule has 0 aromatic heterocycles. The third-order valence-corrected chi connectivity index (χ3v) is 8.27. The van der Waals surface area contributed by atoms with Gasteiger partial charge in [0.25, 0.3) is 5.60 Å². The summed E-state index contributed by atoms with van der Waals surface area (Å²) in [6, 6.07) is 17.3. The number of rotatable bonds is 8. The lowest BCUT2D eigenvalue weighted by molar-refractivity contribution is -0.347. The van der Waals surface area contributed by atoms with Gasteiger partial charge in [0.15, 0.2) is 0 Å². The van der Waals surface area contributed by atoms with Crippen LogP contribution in [-0.2, 0) is 11.8 Å². The molecule has 40 heavy (non-hydrogen) atoms. The number of hydrogen-bond acceptors (Lipinski definition) is 1. The maximum atomic E-state index is 13.1. The van der Waals surface area contributed by atoms with Gasteiger partial charge in [-0.05, 0) is 89.8 Å². The van der Waals surface area contributed by atoms with Crippen molar-refractivity contribution in [2.45, 2.75) is 77.2 Å². The highest BCUT2D eigenvalue weighted by atomic mass is 35.5. The molecule has 1 nitrogen and oxygen atoms in total. The Morgan fingerprint density at radius 3 is 1.75 bits per heavy atom. The first kappa shape index (κ1) is 31.8. The van der Waals surface area contributed by atoms with E-state index < -0.39 is 23.4 Å². The number of benzene rings is 3. The highest BCUT2D eigenvalue weighted by Gasteiger charge is 2.68. The second-order valence-corrected chi connectivity index (χ2v) is 10.6. The quantitative estimate of drug-likeness (QED) is 0.262. The summed E-state index contributed by atoms with van der Waals surface area (Å²) in [5, 5.41) is 10.2. The van der Waals surface area contributed by atoms with Crippen LogP contribution in [0, 0.1) is 13.8 Å². The second-order valence-electron chi connectivity index (χ2n) is 10.1. The maximum Gasteiger partial charge on any atom is 0.430 e. The predicted octanol–water partition coefficient (Wildman–Crippen LogP) is 10.2. The Morgan fingerprint density at radius 1 is 0.750 bits per heavy atom. The fourth-order valence-electron chi connectivity index (χ4n) is 5.24. The van der Waals surface area contributed by atoms with Gasteiger partial charge in [0, 0.05) is 10.4 Å². The van der Waals surface area contributed by atoms with E-state index in [1.54, 1.807) is 19.1 Å². The molecule has 0 aliphatic heterocycles. The third-order valence-electron chi connectivity index (χ3n) is 7.92. The molecule has 0 amide bonds. The molecule has 0 aliphatic rings. The lowest BCUT2D eigenvalue weighted by Crippen LogP contribution is -2.55. The van der Waals surface area contributed by atoms with Crippen molar-refractivity contribution in [1.82, 2.24) is 0 Å². The molecule has 0 aliphatic carbocycles. The molecule has 1 N–H and O–H groups in total. The molecule has 0 unspecified atom stereocenters. The van der Waals surface area contributed by atoms with Crippen LogP contribution >= 0.6 is 11.6 Å². The van der Waals surface area contributed by atoms with Gasteiger partial charge in [-0.25, -0.2) is 0 Å². The molecule has 3 aromatic carbocycles. The predicted molar refractivity (Wildman–Crippen MR) is 150 cm³/mol. The minimum Gasteiger partial charge on any atom is -0.370 e. The third kappa shape index (κ3) is 5.82. The Hall–Kier alpha value is -2.77. The van der Waals surface area contributed by atoms with Crippen molar-refractivity contribution >= 4 is 17.7 Å². The Morgan fingerprint density at radius 2 is 1.30 bits per heavy atom. The Balaban J connectivity index is 2.03. The van der Waals surface area contributed by atoms with Gasteiger partial charge < -0.3 is 5.11 Å². The summed E-state index contributed by atoms with van der Waals surface area (Å²) < 4.78 is 78.6. The zero-order valence-corrected chi connectivity index (χ0v) is 23.8. The molecule has 8 heteroatoms. The van der Waals surface area contributed by atoms with Crippen LogP contribution in [0.15, 0.2) is 60.7 Å². The first-order valence-electron chi connectivity index (χ1n) is 13.1. The highest BCUT2D eigenvalue weighted by molar-refractivity contribution is 6.31. The minimum atomic E-state index is -5.91. The summed E-state index contributed by atoms with van der Waals surface area (Å²) in [7, 11) is 0. The van der Waals surface area contributed by atoms with Gasteiger partial charge in [-0.1, -0.05) is 87.0 Å². The van der Waals surface area contributed by atoms with Crippen molar-refractivity contribution < 1.29 is 31.4 Å². The molecule has 0 fully saturated rings. The summed E-state index contributed by atoms with van der Waals surface area (Å²) in [5.74, 6) is 0. The molecule has 0 atom stereocenters. The van der Waals surface area contributed by atoms with Gasteiger partial charge >= 0.3 is 12.4 Å². The van der Waals surface area contributed by atoms with Crippen LogP contribution in [0.25, 0.3) is 17.2 Å². The van der Waals surface area contributed by atoms with Crippen LogP contribution in [0.2, 0.25) is 5.02 Å². The fourth-order valence-corrected chi connectivity index (χ4v) is 5.55. The molecule has 3 aromatic rings. The lowest BCUT2D eigenvalue weighted by Gasteiger charge is -2.34. The monoisotopic (exact) mass is 582 g/mol. The van der Waals surface area contributed by atoms with Crippen LogP contribution in [0.4, 0.5) is 26.3 Å². The second kappa shape index (κ2) is 11.6. The van der Waals surface area contributed by atoms with Crippen LogP contribution in [0.5, 0.6) is 0 Å². The molecule has 0 heterocycles. The minimum absolute atomic E-state index is 0.149. The van der Waals surface area contributed by atoms with Gasteiger partial charge in [-0.3, -0.25) is 0 Å². The van der Waals surface area contributed by atoms with E-state index in [9.17, 15) is 31.4 Å². The molecule has 0 saturated carbocycles. The van der Waals surface area contributed by atoms with Crippen LogP contribution in [-0.4, -0.2) is 23.1 Å². The fraction of sp³-hybridized carbons (Fsp3) is 0.375. The number of hydrogen-bond donors (Lipinski definition) is 1. The van der Waals surface area contributed by atoms with Crippen molar-refractivity contribution in [1.29, 1.82) is 0 Å². The molecule has 0 radical (unpaired) electrons. The van der Waals surface area contributed by atoms with Crippen LogP contribution < -0.4 is 0 Å². The van der Waals surface area contributed by atoms with Crippen molar-refractivity contribution in [3.63, 3.8) is 0 Å². The molecular formula is C32H33ClF6O. The Bertz CT molecular complexity index is 1370. The molecule has 0 saturated heterocycles. The van der Waals surface area contributed by atoms with E-state index in [-0.39, 0.29) is 11.6 Å². The van der Waals surface area contributed by atoms with Crippen molar-refractivity contribution in [3.05, 3.63) is 99.1 Å². The zero-order valence-electron chi connectivity index (χ0n) is 23.1. The maximum absolute atomic E-state index is 13.1. The largest absolute Gasteiger partial charge is 0.430 e. The first-order chi connectivity index (χ1) is 18.5. The standard InChI is InChI=1S/C32H33ClF6O/c1-6-22-9-10-24(19-28(22)33)27-14-13-26(18-21(27)5)29(7-2,8-3)25-12-11-23(20(4)17-25)15-16-30(40,31(34,35)36)32(37,38)39/h9-19,40H,6-8H2,1-5H3/b16-15+. The van der Waals surface area contributed by atoms with E-state index in [2.05, 4.69) is 18.2 Å². The summed E-state index contributed by atoms with van der Waals surface area (Å²) in [6.07, 6.45) is -9.11. The molecule has 216 valence electrons. The van der Waals surface area contributed by atoms with Gasteiger partial charge in [0.2, 0.25) is 0 Å². The van der Waals surface area contributed by atoms with Gasteiger partial charge in [0.1, 0.15) is 0 Å². The van der Waals surface area contributed by atoms with Crippen molar-refractivity contribution in [2.75, 3.05) is 0 Å². The average Bonchev–Trinajstić information content (AvgIpc) is 2.87. The van der Waals surface area contributed by atoms with Gasteiger partial charge in [-0.15, -0.1) is 0 Å². The zero-order chi connectivity index (χ0) is 30.1. The number of aryl methyl sites for hydroxylation is 3. The van der Waals surface area contributed by atoms with Gasteiger partial charge in [-0.2, -0.15) is 26.3 Å². The smallest absolute Gasteiger partial charge is 0.370 e. The molecule has 0 spiro atoms. The average molecular weight is 583 g/mol. The van der Waals surface area contributed by atoms with E-state index >= 15 is 0 Å². The van der Waals surface area contributed by atoms with Crippen LogP contribution in [0.3, 0.4) is 0 Å². The normalized spacial score (nSPS) is 13.3. The summed E-state index contributed by atoms with van der Waals surface area (Å²) >= 11 is 6.45. The number of halogens is 7. The van der Waals surface area contributed by atoms with E-state index in [4.69, 9.17) is 11.6 Å². The Kier molecular flexibility index (Phi) is 9.22. The van der Waals surface area contributed by atoms with Crippen LogP contribution in [0.1, 0.15) is 67.0 Å². The number of aliphatic hydroxyl groups is 1. The lowest BCUT2D eigenvalue weighted by atomic mass is 9.69. The van der Waals surface area contributed by atoms with E-state index in [0.717, 1.165) is 52.6 Å². The van der Waals surface area contributed by atoms with Crippen molar-refractivity contribution in [2.24, 2.45) is 0 Å². The van der Waals surface area contributed by atoms with E-state index in [1.165, 1.54) is 6.07 Å². The van der Waals surface area contributed by atoms with E-state index in [0.29, 0.717) is 16.7 Å². The molecule has 3 rings (SSSR count). The molecular weight excluding hydrogens is 550 g/mol. The number of alkyl halides is 6. The SMILES string of the molecule is CCc1ccc(-c2ccc(C(CC)(CC)c3ccc(/C=C/C(O)(C(F)(F)F)C(F)(F)F)c(C)c3)cc2C)cc1Cl. The first-order valence-corrected chi connectivity index (χ1v) is 13.5.